The fourth-order valence-electron chi connectivity index (χ4n) is 7.49. The maximum Gasteiger partial charge on any atom is 0.416 e. The summed E-state index contributed by atoms with van der Waals surface area (Å²) in [5, 5.41) is 7.97. The van der Waals surface area contributed by atoms with Gasteiger partial charge in [0.15, 0.2) is 0 Å². The number of nitrogens with two attached hydrogens (primary N) is 1. The Hall–Kier alpha value is -8.11. The van der Waals surface area contributed by atoms with Crippen LogP contribution in [0.2, 0.25) is 0 Å². The number of nitrogens with zero attached hydrogens (tertiary/aromatic N) is 7. The van der Waals surface area contributed by atoms with Crippen LogP contribution < -0.4 is 5.73 Å². The van der Waals surface area contributed by atoms with E-state index in [1.54, 1.807) is 60.6 Å². The van der Waals surface area contributed by atoms with E-state index in [0.29, 0.717) is 38.7 Å². The van der Waals surface area contributed by atoms with Crippen molar-refractivity contribution in [3.05, 3.63) is 274 Å². The van der Waals surface area contributed by atoms with Gasteiger partial charge in [-0.3, -0.25) is 5.41 Å². The second-order valence-electron chi connectivity index (χ2n) is 17.3. The van der Waals surface area contributed by atoms with Crippen LogP contribution in [0, 0.1) is 26.2 Å². The van der Waals surface area contributed by atoms with Crippen molar-refractivity contribution in [2.75, 3.05) is 5.73 Å². The lowest BCUT2D eigenvalue weighted by Crippen LogP contribution is -2.07. The van der Waals surface area contributed by atoms with E-state index >= 15 is 0 Å². The van der Waals surface area contributed by atoms with Crippen molar-refractivity contribution in [3.63, 3.8) is 0 Å². The number of alkyl halides is 9. The molecule has 0 aliphatic rings. The normalized spacial score (nSPS) is 10.6. The van der Waals surface area contributed by atoms with Gasteiger partial charge < -0.3 is 19.4 Å². The molecule has 20 heteroatoms. The molecule has 0 atom stereocenters. The molecule has 0 aliphatic heterocycles. The Kier molecular flexibility index (Phi) is 26.8. The van der Waals surface area contributed by atoms with Crippen molar-refractivity contribution in [2.45, 2.75) is 69.0 Å². The molecular formula is C63H64BrF9IN9. The van der Waals surface area contributed by atoms with Gasteiger partial charge in [-0.25, -0.2) is 19.9 Å². The highest BCUT2D eigenvalue weighted by molar-refractivity contribution is 14.0. The number of nitrogen functional groups attached to an aromatic ring is 1. The Morgan fingerprint density at radius 3 is 1.10 bits per heavy atom. The lowest BCUT2D eigenvalue weighted by atomic mass is 10.0. The maximum atomic E-state index is 13.6. The first-order chi connectivity index (χ1) is 37.0. The number of aromatic nitrogens is 6. The fraction of sp³-hybridized carbons (Fsp3) is 0.159. The summed E-state index contributed by atoms with van der Waals surface area (Å²) in [6.07, 6.45) is -3.84. The van der Waals surface area contributed by atoms with E-state index in [-0.39, 0.29) is 65.1 Å². The number of hydrogen-bond acceptors (Lipinski definition) is 6. The van der Waals surface area contributed by atoms with Crippen molar-refractivity contribution in [3.8, 4) is 17.1 Å². The molecule has 0 fully saturated rings. The Bertz CT molecular complexity index is 3430. The molecule has 3 heterocycles. The zero-order valence-electron chi connectivity index (χ0n) is 42.1. The maximum absolute atomic E-state index is 13.6. The van der Waals surface area contributed by atoms with Crippen LogP contribution in [0.15, 0.2) is 223 Å². The Labute approximate surface area is 504 Å². The van der Waals surface area contributed by atoms with Gasteiger partial charge in [0.05, 0.1) is 69.9 Å². The van der Waals surface area contributed by atoms with Crippen LogP contribution in [0.1, 0.15) is 85.7 Å². The van der Waals surface area contributed by atoms with Crippen LogP contribution in [0.5, 0.6) is 0 Å². The molecule has 10 rings (SSSR count). The molecule has 0 spiro atoms. The predicted octanol–water partition coefficient (Wildman–Crippen LogP) is 19.4. The number of anilines is 1. The summed E-state index contributed by atoms with van der Waals surface area (Å²) in [5.74, 6) is 0. The number of nitrogens with one attached hydrogen (secondary N) is 1. The monoisotopic (exact) mass is 1320 g/mol. The quantitative estimate of drug-likeness (QED) is 0.0682. The van der Waals surface area contributed by atoms with Gasteiger partial charge in [-0.15, -0.1) is 24.0 Å². The summed E-state index contributed by atoms with van der Waals surface area (Å²) in [6.45, 7) is 5.32. The molecule has 0 amide bonds. The third kappa shape index (κ3) is 20.4. The fourth-order valence-corrected chi connectivity index (χ4v) is 7.97. The smallest absolute Gasteiger partial charge is 0.399 e. The van der Waals surface area contributed by atoms with Crippen LogP contribution >= 0.6 is 39.9 Å². The van der Waals surface area contributed by atoms with Gasteiger partial charge >= 0.3 is 18.5 Å². The first kappa shape index (κ1) is 71.0. The van der Waals surface area contributed by atoms with E-state index in [2.05, 4.69) is 35.9 Å². The Morgan fingerprint density at radius 2 is 0.759 bits per heavy atom. The molecule has 3 aromatic heterocycles. The summed E-state index contributed by atoms with van der Waals surface area (Å²) in [7, 11) is 0. The van der Waals surface area contributed by atoms with Crippen molar-refractivity contribution in [1.29, 1.82) is 5.41 Å². The lowest BCUT2D eigenvalue weighted by molar-refractivity contribution is -0.138. The standard InChI is InChI=1S/C24H18F3N3.C13H11N.C11H8BrF3N2.C11H10F3N3.4CH4.HI/c1-17-15-30(16-28-17)22-13-20(24(25,26)27)12-21(14-22)29-23(18-8-4-2-5-9-18)19-10-6-3-7-11-19;14-13(11-7-3-1-4-8-11)12-9-5-2-6-10-12;1-7-5-17(6-16-7)10-3-8(11(13,14)15)2-9(12)4-10;1-7-5-17(6-16-7)10-3-8(11(12,13)14)2-9(15)4-10;;;;;/h2-16H,1H3;1-10,14H;2-6H,1H3;2-6H,15H2,1H3;4*1H4;1H. The summed E-state index contributed by atoms with van der Waals surface area (Å²) in [4.78, 5) is 16.7. The number of hydrogen-bond donors (Lipinski definition) is 2. The molecule has 438 valence electrons. The topological polar surface area (TPSA) is 116 Å². The summed E-state index contributed by atoms with van der Waals surface area (Å²) in [5.41, 5.74) is 11.6. The number of benzene rings is 7. The molecule has 0 aliphatic carbocycles. The summed E-state index contributed by atoms with van der Waals surface area (Å²) < 4.78 is 121. The predicted molar refractivity (Wildman–Crippen MR) is 331 cm³/mol. The Morgan fingerprint density at radius 1 is 0.446 bits per heavy atom. The molecular weight excluding hydrogens is 1260 g/mol. The summed E-state index contributed by atoms with van der Waals surface area (Å²) >= 11 is 3.08. The van der Waals surface area contributed by atoms with E-state index in [4.69, 9.17) is 11.1 Å². The average Bonchev–Trinajstić information content (AvgIpc) is 4.40. The minimum Gasteiger partial charge on any atom is -0.399 e. The van der Waals surface area contributed by atoms with Gasteiger partial charge in [0.25, 0.3) is 0 Å². The van der Waals surface area contributed by atoms with Crippen LogP contribution in [-0.2, 0) is 18.5 Å². The van der Waals surface area contributed by atoms with E-state index in [1.807, 2.05) is 121 Å². The number of imidazole rings is 3. The van der Waals surface area contributed by atoms with Crippen LogP contribution in [0.4, 0.5) is 50.9 Å². The minimum atomic E-state index is -4.49. The van der Waals surface area contributed by atoms with Gasteiger partial charge in [-0.1, -0.05) is 167 Å². The van der Waals surface area contributed by atoms with E-state index in [1.165, 1.54) is 29.6 Å². The molecule has 9 nitrogen and oxygen atoms in total. The first-order valence-electron chi connectivity index (χ1n) is 23.5. The van der Waals surface area contributed by atoms with Crippen molar-refractivity contribution in [1.82, 2.24) is 28.7 Å². The first-order valence-corrected chi connectivity index (χ1v) is 24.3. The average molecular weight is 1330 g/mol. The molecule has 7 aromatic carbocycles. The van der Waals surface area contributed by atoms with Crippen molar-refractivity contribution >= 4 is 62.7 Å². The molecule has 10 aromatic rings. The Balaban J connectivity index is 0.000000388. The van der Waals surface area contributed by atoms with Gasteiger partial charge in [-0.2, -0.15) is 39.5 Å². The zero-order valence-corrected chi connectivity index (χ0v) is 46.0. The highest BCUT2D eigenvalue weighted by atomic mass is 127. The highest BCUT2D eigenvalue weighted by Gasteiger charge is 2.33. The van der Waals surface area contributed by atoms with Crippen molar-refractivity contribution in [2.24, 2.45) is 4.99 Å². The number of halogens is 11. The van der Waals surface area contributed by atoms with E-state index < -0.39 is 35.2 Å². The van der Waals surface area contributed by atoms with Gasteiger partial charge in [-0.05, 0) is 86.5 Å². The van der Waals surface area contributed by atoms with E-state index in [0.717, 1.165) is 70.0 Å². The third-order valence-electron chi connectivity index (χ3n) is 11.2. The molecule has 0 unspecified atom stereocenters. The largest absolute Gasteiger partial charge is 0.416 e. The minimum absolute atomic E-state index is 0. The van der Waals surface area contributed by atoms with Crippen LogP contribution in [0.3, 0.4) is 0 Å². The third-order valence-corrected chi connectivity index (χ3v) is 11.7. The SMILES string of the molecule is C.C.C.C.Cc1cn(-c2cc(Br)cc(C(F)(F)F)c2)cn1.Cc1cn(-c2cc(N)cc(C(F)(F)F)c2)cn1.Cc1cn(-c2cc(N=C(c3ccccc3)c3ccccc3)cc(C(F)(F)F)c2)cn1.I.N=C(c1ccccc1)c1ccccc1. The second kappa shape index (κ2) is 31.4. The molecule has 0 bridgehead atoms. The number of aliphatic imine (C=N–C) groups is 1. The summed E-state index contributed by atoms with van der Waals surface area (Å²) in [6, 6.07) is 49.3. The zero-order chi connectivity index (χ0) is 56.2. The molecule has 3 N–H and O–H groups in total. The lowest BCUT2D eigenvalue weighted by Gasteiger charge is -2.13. The van der Waals surface area contributed by atoms with E-state index in [9.17, 15) is 39.5 Å². The van der Waals surface area contributed by atoms with Crippen molar-refractivity contribution < 1.29 is 39.5 Å². The highest BCUT2D eigenvalue weighted by Crippen LogP contribution is 2.36. The number of aryl methyl sites for hydroxylation is 3. The van der Waals surface area contributed by atoms with Crippen LogP contribution in [-0.4, -0.2) is 40.1 Å². The molecule has 0 saturated heterocycles. The van der Waals surface area contributed by atoms with Gasteiger partial charge in [0.1, 0.15) is 0 Å². The second-order valence-corrected chi connectivity index (χ2v) is 18.2. The number of rotatable bonds is 8. The molecule has 83 heavy (non-hydrogen) atoms. The van der Waals surface area contributed by atoms with Gasteiger partial charge in [0.2, 0.25) is 0 Å². The molecule has 0 radical (unpaired) electrons. The molecule has 0 saturated carbocycles. The van der Waals surface area contributed by atoms with Crippen LogP contribution in [0.25, 0.3) is 17.1 Å². The van der Waals surface area contributed by atoms with Gasteiger partial charge in [0, 0.05) is 56.9 Å².